The molecule has 0 atom stereocenters. The first kappa shape index (κ1) is 27.9. The second kappa shape index (κ2) is 10.8. The number of rotatable bonds is 7. The summed E-state index contributed by atoms with van der Waals surface area (Å²) >= 11 is 0. The van der Waals surface area contributed by atoms with Gasteiger partial charge in [0.2, 0.25) is 11.8 Å². The van der Waals surface area contributed by atoms with E-state index in [0.717, 1.165) is 0 Å². The molecule has 11 heteroatoms. The molecule has 1 aromatic rings. The summed E-state index contributed by atoms with van der Waals surface area (Å²) in [6.07, 6.45) is -0.375. The monoisotopic (exact) mass is 522 g/mol. The molecule has 0 aromatic heterocycles. The number of piperidine rings is 1. The lowest BCUT2D eigenvalue weighted by Crippen LogP contribution is -2.58. The van der Waals surface area contributed by atoms with Gasteiger partial charge in [0, 0.05) is 19.5 Å². The third-order valence-corrected chi connectivity index (χ3v) is 9.34. The average molecular weight is 523 g/mol. The second-order valence-electron chi connectivity index (χ2n) is 9.92. The van der Waals surface area contributed by atoms with E-state index in [0.29, 0.717) is 5.75 Å². The number of hydroxylamine groups is 1. The fourth-order valence-electron chi connectivity index (χ4n) is 4.40. The second-order valence-corrected chi connectivity index (χ2v) is 12.3. The van der Waals surface area contributed by atoms with E-state index in [-0.39, 0.29) is 56.6 Å². The molecule has 198 valence electrons. The molecule has 2 N–H and O–H groups in total. The molecule has 0 aliphatic carbocycles. The zero-order chi connectivity index (χ0) is 26.6. The Morgan fingerprint density at radius 2 is 1.69 bits per heavy atom. The number of nitrogens with zero attached hydrogens (tertiary/aromatic N) is 1. The fourth-order valence-corrected chi connectivity index (χ4v) is 6.44. The van der Waals surface area contributed by atoms with E-state index in [1.165, 1.54) is 24.3 Å². The van der Waals surface area contributed by atoms with E-state index < -0.39 is 38.1 Å². The van der Waals surface area contributed by atoms with Gasteiger partial charge in [-0.1, -0.05) is 5.92 Å². The van der Waals surface area contributed by atoms with Gasteiger partial charge >= 0.3 is 0 Å². The topological polar surface area (TPSA) is 131 Å². The smallest absolute Gasteiger partial charge is 0.244 e. The van der Waals surface area contributed by atoms with Gasteiger partial charge in [-0.05, 0) is 64.8 Å². The molecule has 0 radical (unpaired) electrons. The number of carbonyl (C=O) groups is 2. The molecular weight excluding hydrogens is 488 g/mol. The van der Waals surface area contributed by atoms with Gasteiger partial charge in [-0.25, -0.2) is 13.9 Å². The summed E-state index contributed by atoms with van der Waals surface area (Å²) in [5.74, 6) is 4.18. The van der Waals surface area contributed by atoms with E-state index >= 15 is 0 Å². The molecule has 3 rings (SSSR count). The number of amides is 2. The maximum absolute atomic E-state index is 13.8. The highest BCUT2D eigenvalue weighted by molar-refractivity contribution is 7.92. The zero-order valence-electron chi connectivity index (χ0n) is 21.1. The Labute approximate surface area is 212 Å². The van der Waals surface area contributed by atoms with Crippen LogP contribution in [-0.2, 0) is 28.9 Å². The summed E-state index contributed by atoms with van der Waals surface area (Å²) in [6.45, 7) is 7.82. The van der Waals surface area contributed by atoms with Crippen LogP contribution in [0.3, 0.4) is 0 Å². The molecule has 2 saturated heterocycles. The van der Waals surface area contributed by atoms with E-state index in [9.17, 15) is 18.0 Å². The molecule has 2 aliphatic rings. The first-order valence-electron chi connectivity index (χ1n) is 11.8. The third-order valence-electron chi connectivity index (χ3n) is 6.75. The van der Waals surface area contributed by atoms with E-state index in [1.807, 2.05) is 0 Å². The lowest BCUT2D eigenvalue weighted by Gasteiger charge is -2.46. The van der Waals surface area contributed by atoms with Gasteiger partial charge < -0.3 is 19.1 Å². The van der Waals surface area contributed by atoms with Crippen molar-refractivity contribution in [3.8, 4) is 17.6 Å². The number of ether oxygens (including phenoxy) is 3. The Balaban J connectivity index is 1.80. The lowest BCUT2D eigenvalue weighted by atomic mass is 9.86. The van der Waals surface area contributed by atoms with Gasteiger partial charge in [-0.15, -0.1) is 5.92 Å². The summed E-state index contributed by atoms with van der Waals surface area (Å²) in [4.78, 5) is 27.1. The summed E-state index contributed by atoms with van der Waals surface area (Å²) in [5.41, 5.74) is 0.654. The van der Waals surface area contributed by atoms with Crippen LogP contribution >= 0.6 is 0 Å². The quantitative estimate of drug-likeness (QED) is 0.315. The largest absolute Gasteiger partial charge is 0.481 e. The van der Waals surface area contributed by atoms with Crippen molar-refractivity contribution in [2.75, 3.05) is 32.9 Å². The van der Waals surface area contributed by atoms with E-state index in [2.05, 4.69) is 11.8 Å². The highest BCUT2D eigenvalue weighted by Gasteiger charge is 2.51. The Bertz CT molecular complexity index is 1120. The molecule has 0 unspecified atom stereocenters. The van der Waals surface area contributed by atoms with Gasteiger partial charge in [-0.3, -0.25) is 14.8 Å². The van der Waals surface area contributed by atoms with E-state index in [1.54, 1.807) is 38.1 Å². The number of hydrogen-bond acceptors (Lipinski definition) is 8. The van der Waals surface area contributed by atoms with Crippen LogP contribution in [0.2, 0.25) is 0 Å². The standard InChI is InChI=1S/C25H34N2O8S/c1-5-6-15-33-19-7-9-20(10-8-19)36(31,32)25(16-21(28)26-30)11-13-27(14-12-25)22(29)24(4)17-34-23(2,3)35-18-24/h7-10,30H,11-18H2,1-4H3,(H,26,28). The minimum Gasteiger partial charge on any atom is -0.481 e. The zero-order valence-corrected chi connectivity index (χ0v) is 21.9. The molecule has 2 heterocycles. The molecule has 2 aliphatic heterocycles. The average Bonchev–Trinajstić information content (AvgIpc) is 2.86. The molecule has 2 amide bonds. The van der Waals surface area contributed by atoms with Gasteiger partial charge in [0.1, 0.15) is 12.4 Å². The molecular formula is C25H34N2O8S. The first-order valence-corrected chi connectivity index (χ1v) is 13.2. The first-order chi connectivity index (χ1) is 16.9. The molecule has 0 spiro atoms. The van der Waals surface area contributed by atoms with E-state index in [4.69, 9.17) is 19.4 Å². The van der Waals surface area contributed by atoms with Crippen LogP contribution in [0, 0.1) is 17.3 Å². The summed E-state index contributed by atoms with van der Waals surface area (Å²) in [6, 6.07) is 5.93. The lowest BCUT2D eigenvalue weighted by molar-refractivity contribution is -0.279. The molecule has 1 aromatic carbocycles. The Hall–Kier alpha value is -2.65. The van der Waals surface area contributed by atoms with Crippen LogP contribution in [0.1, 0.15) is 47.0 Å². The summed E-state index contributed by atoms with van der Waals surface area (Å²) in [5, 5.41) is 9.13. The highest BCUT2D eigenvalue weighted by atomic mass is 32.2. The molecule has 36 heavy (non-hydrogen) atoms. The predicted octanol–water partition coefficient (Wildman–Crippen LogP) is 1.91. The number of carbonyl (C=O) groups excluding carboxylic acids is 2. The van der Waals surface area contributed by atoms with Crippen LogP contribution in [0.4, 0.5) is 0 Å². The maximum atomic E-state index is 13.8. The molecule has 0 bridgehead atoms. The highest BCUT2D eigenvalue weighted by Crippen LogP contribution is 2.40. The Kier molecular flexibility index (Phi) is 8.35. The fraction of sp³-hybridized carbons (Fsp3) is 0.600. The normalized spacial score (nSPS) is 20.5. The van der Waals surface area contributed by atoms with Crippen molar-refractivity contribution >= 4 is 21.7 Å². The van der Waals surface area contributed by atoms with Crippen molar-refractivity contribution in [2.24, 2.45) is 5.41 Å². The number of hydrogen-bond donors (Lipinski definition) is 2. The van der Waals surface area contributed by atoms with Crippen molar-refractivity contribution in [3.05, 3.63) is 24.3 Å². The summed E-state index contributed by atoms with van der Waals surface area (Å²) in [7, 11) is -4.02. The number of sulfone groups is 1. The van der Waals surface area contributed by atoms with Gasteiger partial charge in [0.15, 0.2) is 15.6 Å². The van der Waals surface area contributed by atoms with Gasteiger partial charge in [0.05, 0.1) is 28.3 Å². The van der Waals surface area contributed by atoms with Crippen molar-refractivity contribution in [1.82, 2.24) is 10.4 Å². The maximum Gasteiger partial charge on any atom is 0.244 e. The van der Waals surface area contributed by atoms with Crippen molar-refractivity contribution in [1.29, 1.82) is 0 Å². The number of nitrogens with one attached hydrogen (secondary N) is 1. The van der Waals surface area contributed by atoms with Gasteiger partial charge in [-0.2, -0.15) is 0 Å². The molecule has 0 saturated carbocycles. The molecule has 10 nitrogen and oxygen atoms in total. The Morgan fingerprint density at radius 1 is 1.11 bits per heavy atom. The van der Waals surface area contributed by atoms with Crippen LogP contribution in [-0.4, -0.2) is 73.8 Å². The van der Waals surface area contributed by atoms with Gasteiger partial charge in [0.25, 0.3) is 0 Å². The third kappa shape index (κ3) is 5.83. The predicted molar refractivity (Wildman–Crippen MR) is 130 cm³/mol. The van der Waals surface area contributed by atoms with Crippen LogP contribution in [0.25, 0.3) is 0 Å². The summed E-state index contributed by atoms with van der Waals surface area (Å²) < 4.78 is 42.9. The minimum atomic E-state index is -4.02. The van der Waals surface area contributed by atoms with Crippen molar-refractivity contribution in [2.45, 2.75) is 62.4 Å². The number of likely N-dealkylation sites (tertiary alicyclic amines) is 1. The minimum absolute atomic E-state index is 0.0299. The van der Waals surface area contributed by atoms with Crippen LogP contribution in [0.5, 0.6) is 5.75 Å². The van der Waals surface area contributed by atoms with Crippen LogP contribution in [0.15, 0.2) is 29.2 Å². The van der Waals surface area contributed by atoms with Crippen molar-refractivity contribution in [3.63, 3.8) is 0 Å². The van der Waals surface area contributed by atoms with Crippen LogP contribution < -0.4 is 10.2 Å². The molecule has 2 fully saturated rings. The number of benzene rings is 1. The van der Waals surface area contributed by atoms with Crippen molar-refractivity contribution < 1.29 is 37.4 Å². The SMILES string of the molecule is CC#CCOc1ccc(S(=O)(=O)C2(CC(=O)NO)CCN(C(=O)C3(C)COC(C)(C)OC3)CC2)cc1. The Morgan fingerprint density at radius 3 is 2.22 bits per heavy atom.